The van der Waals surface area contributed by atoms with E-state index in [1.54, 1.807) is 18.2 Å². The highest BCUT2D eigenvalue weighted by molar-refractivity contribution is 7.13. The maximum Gasteiger partial charge on any atom is 0.490 e. The summed E-state index contributed by atoms with van der Waals surface area (Å²) in [4.78, 5) is 46.0. The molecule has 2 aromatic carbocycles. The number of carboxylic acids is 2. The van der Waals surface area contributed by atoms with E-state index in [0.29, 0.717) is 10.4 Å². The summed E-state index contributed by atoms with van der Waals surface area (Å²) in [7, 11) is 0. The number of ether oxygens (including phenoxy) is 1. The number of phenolic OH excluding ortho intramolecular Hbond substituents is 1. The van der Waals surface area contributed by atoms with E-state index in [-0.39, 0.29) is 47.0 Å². The second kappa shape index (κ2) is 14.6. The number of aromatic hydroxyl groups is 1. The van der Waals surface area contributed by atoms with E-state index >= 15 is 0 Å². The van der Waals surface area contributed by atoms with Crippen molar-refractivity contribution in [1.82, 2.24) is 5.32 Å². The number of hydrogen-bond acceptors (Lipinski definition) is 8. The SMILES string of the molecule is N=C(N)c1ccc(OC(=O)c2ccc(CCC(=O)N[C@@H](Cc3ccc(O)cc3)C(=O)O)s2)c(F)c1.O=C(O)C(F)(F)F. The van der Waals surface area contributed by atoms with E-state index in [9.17, 15) is 42.2 Å². The summed E-state index contributed by atoms with van der Waals surface area (Å²) in [6.45, 7) is 0. The molecule has 1 amide bonds. The van der Waals surface area contributed by atoms with E-state index in [1.165, 1.54) is 30.3 Å². The van der Waals surface area contributed by atoms with Crippen molar-refractivity contribution in [3.8, 4) is 11.5 Å². The van der Waals surface area contributed by atoms with Gasteiger partial charge in [0.2, 0.25) is 5.91 Å². The molecule has 11 nitrogen and oxygen atoms in total. The zero-order valence-corrected chi connectivity index (χ0v) is 22.1. The van der Waals surface area contributed by atoms with Crippen LogP contribution in [0.2, 0.25) is 0 Å². The quantitative estimate of drug-likeness (QED) is 0.0651. The summed E-state index contributed by atoms with van der Waals surface area (Å²) in [6.07, 6.45) is -4.77. The highest BCUT2D eigenvalue weighted by atomic mass is 32.1. The Morgan fingerprint density at radius 1 is 1.02 bits per heavy atom. The van der Waals surface area contributed by atoms with Crippen molar-refractivity contribution < 1.29 is 56.8 Å². The van der Waals surface area contributed by atoms with Crippen LogP contribution < -0.4 is 15.8 Å². The fourth-order valence-electron chi connectivity index (χ4n) is 3.09. The molecule has 0 aliphatic heterocycles. The lowest BCUT2D eigenvalue weighted by Crippen LogP contribution is -2.42. The smallest absolute Gasteiger partial charge is 0.490 e. The number of nitrogens with one attached hydrogen (secondary N) is 2. The van der Waals surface area contributed by atoms with Crippen LogP contribution in [-0.4, -0.2) is 57.2 Å². The monoisotopic (exact) mass is 613 g/mol. The molecule has 1 aromatic heterocycles. The number of carbonyl (C=O) groups is 4. The number of thiophene rings is 1. The number of amidine groups is 1. The Labute approximate surface area is 238 Å². The third kappa shape index (κ3) is 10.5. The molecule has 42 heavy (non-hydrogen) atoms. The third-order valence-corrected chi connectivity index (χ3v) is 6.28. The van der Waals surface area contributed by atoms with E-state index in [2.05, 4.69) is 5.32 Å². The van der Waals surface area contributed by atoms with Crippen LogP contribution in [0.4, 0.5) is 17.6 Å². The van der Waals surface area contributed by atoms with E-state index in [4.69, 9.17) is 25.8 Å². The van der Waals surface area contributed by atoms with Crippen LogP contribution in [0.5, 0.6) is 11.5 Å². The largest absolute Gasteiger partial charge is 0.508 e. The molecule has 16 heteroatoms. The van der Waals surface area contributed by atoms with Gasteiger partial charge in [-0.3, -0.25) is 10.2 Å². The minimum Gasteiger partial charge on any atom is -0.508 e. The van der Waals surface area contributed by atoms with Gasteiger partial charge in [0, 0.05) is 23.3 Å². The number of aryl methyl sites for hydroxylation is 1. The number of hydrogen-bond donors (Lipinski definition) is 6. The Morgan fingerprint density at radius 3 is 2.17 bits per heavy atom. The number of nitrogens with two attached hydrogens (primary N) is 1. The number of carbonyl (C=O) groups excluding carboxylic acids is 2. The van der Waals surface area contributed by atoms with Crippen LogP contribution in [-0.2, 0) is 27.2 Å². The average Bonchev–Trinajstić information content (AvgIpc) is 3.38. The Bertz CT molecular complexity index is 1460. The number of alkyl halides is 3. The van der Waals surface area contributed by atoms with E-state index in [0.717, 1.165) is 17.4 Å². The zero-order valence-electron chi connectivity index (χ0n) is 21.3. The molecule has 1 heterocycles. The maximum absolute atomic E-state index is 14.1. The number of nitrogen functional groups attached to an aromatic ring is 1. The fraction of sp³-hybridized carbons (Fsp3) is 0.192. The number of esters is 1. The lowest BCUT2D eigenvalue weighted by Gasteiger charge is -2.14. The summed E-state index contributed by atoms with van der Waals surface area (Å²) < 4.78 is 50.9. The molecule has 7 N–H and O–H groups in total. The van der Waals surface area contributed by atoms with E-state index in [1.807, 2.05) is 0 Å². The van der Waals surface area contributed by atoms with Gasteiger partial charge in [-0.05, 0) is 54.4 Å². The second-order valence-electron chi connectivity index (χ2n) is 8.35. The molecule has 3 rings (SSSR count). The molecule has 0 saturated heterocycles. The lowest BCUT2D eigenvalue weighted by molar-refractivity contribution is -0.192. The van der Waals surface area contributed by atoms with Gasteiger partial charge in [-0.15, -0.1) is 11.3 Å². The Morgan fingerprint density at radius 2 is 1.64 bits per heavy atom. The Hall–Kier alpha value is -4.99. The van der Waals surface area contributed by atoms with Gasteiger partial charge in [-0.25, -0.2) is 18.8 Å². The van der Waals surface area contributed by atoms with Crippen molar-refractivity contribution in [3.63, 3.8) is 0 Å². The standard InChI is InChI=1S/C24H22FN3O6S.C2HF3O2/c25-17-12-14(22(26)27)3-8-19(17)34-24(33)20-9-6-16(35-20)7-10-21(30)28-18(23(31)32)11-13-1-4-15(29)5-2-13;3-2(4,5)1(6)7/h1-6,8-9,12,18,29H,7,10-11H2,(H3,26,27)(H,28,30)(H,31,32);(H,6,7)/t18-;/m0./s1. The molecule has 0 radical (unpaired) electrons. The third-order valence-electron chi connectivity index (χ3n) is 5.16. The predicted octanol–water partition coefficient (Wildman–Crippen LogP) is 3.47. The molecule has 3 aromatic rings. The number of amides is 1. The minimum absolute atomic E-state index is 0.00447. The van der Waals surface area contributed by atoms with Gasteiger partial charge >= 0.3 is 24.1 Å². The fourth-order valence-corrected chi connectivity index (χ4v) is 3.98. The van der Waals surface area contributed by atoms with Crippen LogP contribution in [0.25, 0.3) is 0 Å². The van der Waals surface area contributed by atoms with Crippen molar-refractivity contribution in [2.75, 3.05) is 0 Å². The lowest BCUT2D eigenvalue weighted by atomic mass is 10.1. The first kappa shape index (κ1) is 33.2. The van der Waals surface area contributed by atoms with Crippen LogP contribution in [0.3, 0.4) is 0 Å². The molecule has 1 atom stereocenters. The first-order valence-corrected chi connectivity index (χ1v) is 12.4. The van der Waals surface area contributed by atoms with Crippen molar-refractivity contribution in [3.05, 3.63) is 81.3 Å². The van der Waals surface area contributed by atoms with Crippen LogP contribution in [0.15, 0.2) is 54.6 Å². The average molecular weight is 614 g/mol. The van der Waals surface area contributed by atoms with Gasteiger partial charge in [-0.1, -0.05) is 12.1 Å². The predicted molar refractivity (Wildman–Crippen MR) is 140 cm³/mol. The minimum atomic E-state index is -5.08. The van der Waals surface area contributed by atoms with Crippen LogP contribution in [0.1, 0.15) is 32.1 Å². The van der Waals surface area contributed by atoms with Crippen molar-refractivity contribution >= 4 is 41.0 Å². The molecule has 0 bridgehead atoms. The van der Waals surface area contributed by atoms with Crippen LogP contribution >= 0.6 is 11.3 Å². The zero-order chi connectivity index (χ0) is 31.6. The highest BCUT2D eigenvalue weighted by Gasteiger charge is 2.38. The van der Waals surface area contributed by atoms with Gasteiger partial charge in [0.1, 0.15) is 22.5 Å². The first-order chi connectivity index (χ1) is 19.6. The summed E-state index contributed by atoms with van der Waals surface area (Å²) in [5, 5.41) is 35.7. The molecule has 0 spiro atoms. The first-order valence-electron chi connectivity index (χ1n) is 11.6. The maximum atomic E-state index is 14.1. The highest BCUT2D eigenvalue weighted by Crippen LogP contribution is 2.23. The number of carboxylic acid groups (broad SMARTS) is 2. The van der Waals surface area contributed by atoms with Crippen molar-refractivity contribution in [1.29, 1.82) is 5.41 Å². The molecular formula is C26H23F4N3O8S. The normalized spacial score (nSPS) is 11.4. The molecule has 0 saturated carbocycles. The molecule has 0 aliphatic rings. The molecule has 0 fully saturated rings. The van der Waals surface area contributed by atoms with Crippen molar-refractivity contribution in [2.24, 2.45) is 5.73 Å². The summed E-state index contributed by atoms with van der Waals surface area (Å²) in [5.74, 6) is -6.59. The Balaban J connectivity index is 0.000000782. The van der Waals surface area contributed by atoms with E-state index < -0.39 is 41.9 Å². The Kier molecular flexibility index (Phi) is 11.5. The molecule has 0 unspecified atom stereocenters. The van der Waals surface area contributed by atoms with Crippen LogP contribution in [0, 0.1) is 11.2 Å². The van der Waals surface area contributed by atoms with Gasteiger partial charge in [0.25, 0.3) is 0 Å². The number of aliphatic carboxylic acids is 2. The molecule has 224 valence electrons. The summed E-state index contributed by atoms with van der Waals surface area (Å²) in [6, 6.07) is 11.6. The van der Waals surface area contributed by atoms with Gasteiger partial charge in [-0.2, -0.15) is 13.2 Å². The van der Waals surface area contributed by atoms with Gasteiger partial charge < -0.3 is 31.1 Å². The topological polar surface area (TPSA) is 200 Å². The number of rotatable bonds is 10. The van der Waals surface area contributed by atoms with Crippen molar-refractivity contribution in [2.45, 2.75) is 31.5 Å². The number of benzene rings is 2. The number of halogens is 4. The van der Waals surface area contributed by atoms with Gasteiger partial charge in [0.15, 0.2) is 11.6 Å². The molecular weight excluding hydrogens is 590 g/mol. The van der Waals surface area contributed by atoms with Gasteiger partial charge in [0.05, 0.1) is 0 Å². The second-order valence-corrected chi connectivity index (χ2v) is 9.51. The summed E-state index contributed by atoms with van der Waals surface area (Å²) in [5.41, 5.74) is 6.11. The molecule has 0 aliphatic carbocycles. The summed E-state index contributed by atoms with van der Waals surface area (Å²) >= 11 is 1.07. The number of phenols is 1.